The second-order valence-corrected chi connectivity index (χ2v) is 4.31. The van der Waals surface area contributed by atoms with Gasteiger partial charge in [0.15, 0.2) is 0 Å². The highest BCUT2D eigenvalue weighted by Gasteiger charge is 2.14. The molecule has 4 nitrogen and oxygen atoms in total. The van der Waals surface area contributed by atoms with Crippen LogP contribution in [0.2, 0.25) is 0 Å². The molecule has 1 aromatic heterocycles. The van der Waals surface area contributed by atoms with E-state index in [9.17, 15) is 4.79 Å². The third kappa shape index (κ3) is 3.90. The molecule has 0 bridgehead atoms. The zero-order valence-corrected chi connectivity index (χ0v) is 11.5. The fraction of sp³-hybridized carbons (Fsp3) is 0.250. The molecule has 0 saturated heterocycles. The molecular formula is C16H18N2O2. The Kier molecular flexibility index (Phi) is 5.26. The van der Waals surface area contributed by atoms with Crippen LogP contribution in [0.15, 0.2) is 54.9 Å². The minimum Gasteiger partial charge on any atom is -0.465 e. The van der Waals surface area contributed by atoms with Gasteiger partial charge in [-0.1, -0.05) is 30.3 Å². The van der Waals surface area contributed by atoms with Crippen molar-refractivity contribution in [2.24, 2.45) is 0 Å². The fourth-order valence-corrected chi connectivity index (χ4v) is 2.03. The third-order valence-electron chi connectivity index (χ3n) is 2.93. The van der Waals surface area contributed by atoms with Gasteiger partial charge in [-0.15, -0.1) is 0 Å². The van der Waals surface area contributed by atoms with Crippen LogP contribution in [0, 0.1) is 0 Å². The van der Waals surface area contributed by atoms with Crippen molar-refractivity contribution in [2.75, 3.05) is 13.2 Å². The summed E-state index contributed by atoms with van der Waals surface area (Å²) in [6.45, 7) is 2.37. The largest absolute Gasteiger partial charge is 0.465 e. The van der Waals surface area contributed by atoms with Gasteiger partial charge in [0, 0.05) is 12.4 Å². The lowest BCUT2D eigenvalue weighted by Gasteiger charge is -2.19. The molecule has 2 aromatic rings. The highest BCUT2D eigenvalue weighted by atomic mass is 16.5. The second kappa shape index (κ2) is 7.40. The molecule has 1 atom stereocenters. The molecule has 1 unspecified atom stereocenters. The van der Waals surface area contributed by atoms with Crippen LogP contribution in [0.3, 0.4) is 0 Å². The maximum absolute atomic E-state index is 11.5. The molecule has 1 aromatic carbocycles. The number of esters is 1. The number of nitrogens with one attached hydrogen (secondary N) is 1. The second-order valence-electron chi connectivity index (χ2n) is 4.31. The van der Waals surface area contributed by atoms with Crippen molar-refractivity contribution in [2.45, 2.75) is 13.0 Å². The monoisotopic (exact) mass is 270 g/mol. The number of hydrogen-bond acceptors (Lipinski definition) is 4. The van der Waals surface area contributed by atoms with Crippen LogP contribution in [0.5, 0.6) is 0 Å². The number of benzene rings is 1. The molecule has 2 rings (SSSR count). The first-order valence-electron chi connectivity index (χ1n) is 6.65. The summed E-state index contributed by atoms with van der Waals surface area (Å²) in [7, 11) is 0. The van der Waals surface area contributed by atoms with E-state index in [1.54, 1.807) is 19.3 Å². The van der Waals surface area contributed by atoms with Gasteiger partial charge in [-0.3, -0.25) is 15.1 Å². The Bertz CT molecular complexity index is 489. The average molecular weight is 270 g/mol. The van der Waals surface area contributed by atoms with Crippen molar-refractivity contribution >= 4 is 5.97 Å². The van der Waals surface area contributed by atoms with Crippen LogP contribution in [0.4, 0.5) is 0 Å². The fourth-order valence-electron chi connectivity index (χ4n) is 2.03. The van der Waals surface area contributed by atoms with Gasteiger partial charge < -0.3 is 4.74 Å². The number of nitrogens with zero attached hydrogens (tertiary/aromatic N) is 1. The summed E-state index contributed by atoms with van der Waals surface area (Å²) in [5.41, 5.74) is 2.17. The molecule has 0 amide bonds. The van der Waals surface area contributed by atoms with E-state index in [1.807, 2.05) is 42.5 Å². The molecule has 20 heavy (non-hydrogen) atoms. The first-order valence-corrected chi connectivity index (χ1v) is 6.65. The number of rotatable bonds is 6. The summed E-state index contributed by atoms with van der Waals surface area (Å²) in [4.78, 5) is 15.5. The van der Waals surface area contributed by atoms with Gasteiger partial charge in [0.2, 0.25) is 0 Å². The zero-order valence-electron chi connectivity index (χ0n) is 11.5. The van der Waals surface area contributed by atoms with Gasteiger partial charge in [0.1, 0.15) is 0 Å². The van der Waals surface area contributed by atoms with Crippen molar-refractivity contribution in [3.05, 3.63) is 66.0 Å². The summed E-state index contributed by atoms with van der Waals surface area (Å²) in [5.74, 6) is -0.248. The highest BCUT2D eigenvalue weighted by molar-refractivity contribution is 5.71. The van der Waals surface area contributed by atoms with Crippen molar-refractivity contribution in [1.29, 1.82) is 0 Å². The molecule has 1 N–H and O–H groups in total. The average Bonchev–Trinajstić information content (AvgIpc) is 2.50. The SMILES string of the molecule is CCOC(=O)CNC(c1ccccc1)c1ccncc1. The van der Waals surface area contributed by atoms with E-state index < -0.39 is 0 Å². The van der Waals surface area contributed by atoms with Crippen molar-refractivity contribution in [3.63, 3.8) is 0 Å². The molecule has 1 heterocycles. The van der Waals surface area contributed by atoms with Gasteiger partial charge in [-0.25, -0.2) is 0 Å². The van der Waals surface area contributed by atoms with Crippen LogP contribution in [-0.4, -0.2) is 24.1 Å². The number of pyridine rings is 1. The molecule has 104 valence electrons. The molecule has 0 saturated carbocycles. The van der Waals surface area contributed by atoms with Gasteiger partial charge >= 0.3 is 5.97 Å². The lowest BCUT2D eigenvalue weighted by molar-refractivity contribution is -0.142. The maximum atomic E-state index is 11.5. The van der Waals surface area contributed by atoms with E-state index in [-0.39, 0.29) is 18.6 Å². The Morgan fingerprint density at radius 3 is 2.45 bits per heavy atom. The standard InChI is InChI=1S/C16H18N2O2/c1-2-20-15(19)12-18-16(13-6-4-3-5-7-13)14-8-10-17-11-9-14/h3-11,16,18H,2,12H2,1H3. The number of ether oxygens (including phenoxy) is 1. The number of hydrogen-bond donors (Lipinski definition) is 1. The summed E-state index contributed by atoms with van der Waals surface area (Å²) < 4.78 is 4.95. The lowest BCUT2D eigenvalue weighted by atomic mass is 10.00. The smallest absolute Gasteiger partial charge is 0.319 e. The molecule has 4 heteroatoms. The summed E-state index contributed by atoms with van der Waals surface area (Å²) in [6, 6.07) is 13.8. The molecule has 0 spiro atoms. The Morgan fingerprint density at radius 2 is 1.80 bits per heavy atom. The number of carbonyl (C=O) groups excluding carboxylic acids is 1. The van der Waals surface area contributed by atoms with E-state index in [1.165, 1.54) is 0 Å². The Balaban J connectivity index is 2.15. The predicted molar refractivity (Wildman–Crippen MR) is 77.2 cm³/mol. The predicted octanol–water partition coefficient (Wildman–Crippen LogP) is 2.32. The maximum Gasteiger partial charge on any atom is 0.319 e. The molecule has 0 aliphatic carbocycles. The van der Waals surface area contributed by atoms with Gasteiger partial charge in [-0.2, -0.15) is 0 Å². The minimum atomic E-state index is -0.248. The first-order chi connectivity index (χ1) is 9.81. The van der Waals surface area contributed by atoms with Crippen LogP contribution in [0.25, 0.3) is 0 Å². The van der Waals surface area contributed by atoms with E-state index in [0.29, 0.717) is 6.61 Å². The lowest BCUT2D eigenvalue weighted by Crippen LogP contribution is -2.29. The molecule has 0 aliphatic rings. The first kappa shape index (κ1) is 14.2. The van der Waals surface area contributed by atoms with Gasteiger partial charge in [0.05, 0.1) is 19.2 Å². The highest BCUT2D eigenvalue weighted by Crippen LogP contribution is 2.20. The van der Waals surface area contributed by atoms with Crippen LogP contribution < -0.4 is 5.32 Å². The van der Waals surface area contributed by atoms with E-state index in [4.69, 9.17) is 4.74 Å². The van der Waals surface area contributed by atoms with Crippen molar-refractivity contribution < 1.29 is 9.53 Å². The third-order valence-corrected chi connectivity index (χ3v) is 2.93. The van der Waals surface area contributed by atoms with Crippen molar-refractivity contribution in [3.8, 4) is 0 Å². The Hall–Kier alpha value is -2.20. The van der Waals surface area contributed by atoms with Crippen LogP contribution in [0.1, 0.15) is 24.1 Å². The van der Waals surface area contributed by atoms with E-state index in [0.717, 1.165) is 11.1 Å². The Labute approximate surface area is 118 Å². The van der Waals surface area contributed by atoms with Crippen LogP contribution >= 0.6 is 0 Å². The quantitative estimate of drug-likeness (QED) is 0.818. The number of aromatic nitrogens is 1. The summed E-state index contributed by atoms with van der Waals surface area (Å²) in [5, 5.41) is 3.23. The van der Waals surface area contributed by atoms with E-state index in [2.05, 4.69) is 10.3 Å². The summed E-state index contributed by atoms with van der Waals surface area (Å²) in [6.07, 6.45) is 3.49. The Morgan fingerprint density at radius 1 is 1.15 bits per heavy atom. The normalized spacial score (nSPS) is 11.8. The molecule has 0 aliphatic heterocycles. The zero-order chi connectivity index (χ0) is 14.2. The topological polar surface area (TPSA) is 51.2 Å². The molecule has 0 fully saturated rings. The van der Waals surface area contributed by atoms with Gasteiger partial charge in [-0.05, 0) is 30.2 Å². The van der Waals surface area contributed by atoms with E-state index >= 15 is 0 Å². The van der Waals surface area contributed by atoms with Crippen molar-refractivity contribution in [1.82, 2.24) is 10.3 Å². The molecule has 0 radical (unpaired) electrons. The summed E-state index contributed by atoms with van der Waals surface area (Å²) >= 11 is 0. The van der Waals surface area contributed by atoms with Crippen LogP contribution in [-0.2, 0) is 9.53 Å². The molecular weight excluding hydrogens is 252 g/mol. The minimum absolute atomic E-state index is 0.0522. The number of carbonyl (C=O) groups is 1. The van der Waals surface area contributed by atoms with Gasteiger partial charge in [0.25, 0.3) is 0 Å².